The number of fused-ring (bicyclic) bond motifs is 1. The number of hydrazine groups is 1. The molecule has 2 aliphatic carbocycles. The summed E-state index contributed by atoms with van der Waals surface area (Å²) in [6, 6.07) is 0.489. The zero-order valence-electron chi connectivity index (χ0n) is 15.8. The van der Waals surface area contributed by atoms with E-state index < -0.39 is 0 Å². The van der Waals surface area contributed by atoms with E-state index in [9.17, 15) is 4.79 Å². The van der Waals surface area contributed by atoms with Gasteiger partial charge in [0.2, 0.25) is 5.91 Å². The van der Waals surface area contributed by atoms with E-state index >= 15 is 0 Å². The Labute approximate surface area is 166 Å². The fourth-order valence-electron chi connectivity index (χ4n) is 5.18. The van der Waals surface area contributed by atoms with Gasteiger partial charge in [-0.2, -0.15) is 0 Å². The molecule has 1 amide bonds. The van der Waals surface area contributed by atoms with Crippen molar-refractivity contribution in [3.63, 3.8) is 0 Å². The Bertz CT molecular complexity index is 502. The van der Waals surface area contributed by atoms with Crippen LogP contribution in [0.5, 0.6) is 0 Å². The Kier molecular flexibility index (Phi) is 6.36. The molecule has 2 saturated heterocycles. The lowest BCUT2D eigenvalue weighted by Crippen LogP contribution is -2.64. The maximum absolute atomic E-state index is 12.6. The van der Waals surface area contributed by atoms with Gasteiger partial charge in [-0.15, -0.1) is 23.4 Å². The molecule has 4 rings (SSSR count). The monoisotopic (exact) mass is 400 g/mol. The summed E-state index contributed by atoms with van der Waals surface area (Å²) in [4.78, 5) is 12.6. The fourth-order valence-corrected chi connectivity index (χ4v) is 6.63. The summed E-state index contributed by atoms with van der Waals surface area (Å²) in [6.45, 7) is 3.11. The minimum atomic E-state index is 0.00952. The molecule has 2 aliphatic heterocycles. The van der Waals surface area contributed by atoms with Crippen LogP contribution in [0.3, 0.4) is 0 Å². The number of carbonyl (C=O) groups excluding carboxylic acids is 1. The standard InChI is InChI=1S/C19H33ClN4OS/c1-12-3-2-4-13(9-12)11-26-19-22-17-16(18(25)23-19)10-21-24(17)15-7-5-14(20)6-8-15/h12-17,19,21-22H,2-11H2,1H3,(H,23,25). The lowest BCUT2D eigenvalue weighted by Gasteiger charge is -2.41. The molecule has 3 N–H and O–H groups in total. The number of nitrogens with one attached hydrogen (secondary N) is 3. The first-order valence-electron chi connectivity index (χ1n) is 10.4. The van der Waals surface area contributed by atoms with Gasteiger partial charge in [0, 0.05) is 18.0 Å². The second-order valence-corrected chi connectivity index (χ2v) is 10.5. The molecule has 0 radical (unpaired) electrons. The zero-order valence-corrected chi connectivity index (χ0v) is 17.3. The first kappa shape index (κ1) is 19.3. The molecule has 26 heavy (non-hydrogen) atoms. The van der Waals surface area contributed by atoms with Gasteiger partial charge in [0.05, 0.1) is 12.1 Å². The Morgan fingerprint density at radius 1 is 1.19 bits per heavy atom. The van der Waals surface area contributed by atoms with Crippen LogP contribution in [0.15, 0.2) is 0 Å². The average Bonchev–Trinajstić information content (AvgIpc) is 3.05. The molecule has 0 bridgehead atoms. The van der Waals surface area contributed by atoms with Gasteiger partial charge >= 0.3 is 0 Å². The van der Waals surface area contributed by atoms with Gasteiger partial charge in [0.25, 0.3) is 0 Å². The highest BCUT2D eigenvalue weighted by Crippen LogP contribution is 2.34. The summed E-state index contributed by atoms with van der Waals surface area (Å²) in [7, 11) is 0. The molecule has 5 nitrogen and oxygen atoms in total. The maximum Gasteiger partial charge on any atom is 0.229 e. The Morgan fingerprint density at radius 2 is 2.00 bits per heavy atom. The van der Waals surface area contributed by atoms with Crippen LogP contribution in [0, 0.1) is 17.8 Å². The van der Waals surface area contributed by atoms with Crippen LogP contribution in [0.1, 0.15) is 58.3 Å². The highest BCUT2D eigenvalue weighted by atomic mass is 35.5. The van der Waals surface area contributed by atoms with Crippen molar-refractivity contribution in [3.05, 3.63) is 0 Å². The summed E-state index contributed by atoms with van der Waals surface area (Å²) in [5.41, 5.74) is 3.54. The number of amides is 1. The largest absolute Gasteiger partial charge is 0.331 e. The van der Waals surface area contributed by atoms with E-state index in [1.807, 2.05) is 11.8 Å². The Balaban J connectivity index is 1.32. The molecule has 0 aromatic carbocycles. The van der Waals surface area contributed by atoms with Crippen molar-refractivity contribution in [2.24, 2.45) is 17.8 Å². The summed E-state index contributed by atoms with van der Waals surface area (Å²) in [6.07, 6.45) is 9.93. The summed E-state index contributed by atoms with van der Waals surface area (Å²) in [5.74, 6) is 3.01. The minimum Gasteiger partial charge on any atom is -0.331 e. The minimum absolute atomic E-state index is 0.00952. The summed E-state index contributed by atoms with van der Waals surface area (Å²) in [5, 5.41) is 9.57. The number of nitrogens with zero attached hydrogens (tertiary/aromatic N) is 1. The zero-order chi connectivity index (χ0) is 18.1. The number of hydrogen-bond donors (Lipinski definition) is 3. The molecule has 4 aliphatic rings. The van der Waals surface area contributed by atoms with Crippen molar-refractivity contribution in [2.75, 3.05) is 12.3 Å². The molecule has 5 unspecified atom stereocenters. The number of hydrogen-bond acceptors (Lipinski definition) is 5. The van der Waals surface area contributed by atoms with Crippen molar-refractivity contribution < 1.29 is 4.79 Å². The molecule has 0 aromatic rings. The molecular formula is C19H33ClN4OS. The smallest absolute Gasteiger partial charge is 0.229 e. The number of carbonyl (C=O) groups is 1. The van der Waals surface area contributed by atoms with Gasteiger partial charge in [-0.25, -0.2) is 5.01 Å². The molecule has 0 aromatic heterocycles. The van der Waals surface area contributed by atoms with Crippen LogP contribution in [-0.4, -0.2) is 46.3 Å². The number of rotatable bonds is 4. The van der Waals surface area contributed by atoms with Gasteiger partial charge in [-0.3, -0.25) is 15.5 Å². The van der Waals surface area contributed by atoms with Crippen molar-refractivity contribution in [1.82, 2.24) is 21.1 Å². The van der Waals surface area contributed by atoms with Gasteiger partial charge in [-0.1, -0.05) is 19.8 Å². The number of halogens is 1. The topological polar surface area (TPSA) is 56.4 Å². The van der Waals surface area contributed by atoms with Crippen LogP contribution < -0.4 is 16.1 Å². The van der Waals surface area contributed by atoms with Crippen LogP contribution in [0.4, 0.5) is 0 Å². The predicted octanol–water partition coefficient (Wildman–Crippen LogP) is 2.86. The van der Waals surface area contributed by atoms with E-state index in [0.717, 1.165) is 49.8 Å². The highest BCUT2D eigenvalue weighted by molar-refractivity contribution is 7.99. The molecule has 2 saturated carbocycles. The maximum atomic E-state index is 12.6. The SMILES string of the molecule is CC1CCCC(CSC2NC(=O)C3CNN(C4CCC(Cl)CC4)C3N2)C1. The van der Waals surface area contributed by atoms with Gasteiger partial charge in [-0.05, 0) is 56.1 Å². The van der Waals surface area contributed by atoms with Crippen LogP contribution in [0.25, 0.3) is 0 Å². The van der Waals surface area contributed by atoms with Gasteiger partial charge in [0.15, 0.2) is 0 Å². The second-order valence-electron chi connectivity index (χ2n) is 8.75. The number of thioether (sulfide) groups is 1. The average molecular weight is 401 g/mol. The third kappa shape index (κ3) is 4.35. The lowest BCUT2D eigenvalue weighted by atomic mass is 9.83. The van der Waals surface area contributed by atoms with E-state index in [0.29, 0.717) is 11.4 Å². The molecule has 7 heteroatoms. The first-order valence-corrected chi connectivity index (χ1v) is 11.9. The predicted molar refractivity (Wildman–Crippen MR) is 108 cm³/mol. The quantitative estimate of drug-likeness (QED) is 0.633. The highest BCUT2D eigenvalue weighted by Gasteiger charge is 2.46. The molecule has 0 spiro atoms. The molecular weight excluding hydrogens is 368 g/mol. The fraction of sp³-hybridized carbons (Fsp3) is 0.947. The Hall–Kier alpha value is -0.0100. The van der Waals surface area contributed by atoms with Crippen molar-refractivity contribution in [2.45, 2.75) is 81.4 Å². The van der Waals surface area contributed by atoms with E-state index in [1.165, 1.54) is 25.7 Å². The Morgan fingerprint density at radius 3 is 2.77 bits per heavy atom. The second kappa shape index (κ2) is 8.56. The van der Waals surface area contributed by atoms with E-state index in [-0.39, 0.29) is 23.5 Å². The van der Waals surface area contributed by atoms with Crippen LogP contribution >= 0.6 is 23.4 Å². The molecule has 5 atom stereocenters. The summed E-state index contributed by atoms with van der Waals surface area (Å²) >= 11 is 8.16. The van der Waals surface area contributed by atoms with Crippen molar-refractivity contribution in [3.8, 4) is 0 Å². The molecule has 4 fully saturated rings. The third-order valence-electron chi connectivity index (χ3n) is 6.67. The van der Waals surface area contributed by atoms with Crippen molar-refractivity contribution in [1.29, 1.82) is 0 Å². The van der Waals surface area contributed by atoms with Gasteiger partial charge in [0.1, 0.15) is 5.50 Å². The normalized spacial score (nSPS) is 44.5. The van der Waals surface area contributed by atoms with Crippen molar-refractivity contribution >= 4 is 29.3 Å². The number of alkyl halides is 1. The first-order chi connectivity index (χ1) is 12.6. The molecule has 2 heterocycles. The molecule has 148 valence electrons. The van der Waals surface area contributed by atoms with Crippen LogP contribution in [0.2, 0.25) is 0 Å². The van der Waals surface area contributed by atoms with E-state index in [2.05, 4.69) is 28.0 Å². The summed E-state index contributed by atoms with van der Waals surface area (Å²) < 4.78 is 0. The van der Waals surface area contributed by atoms with E-state index in [4.69, 9.17) is 11.6 Å². The van der Waals surface area contributed by atoms with E-state index in [1.54, 1.807) is 0 Å². The lowest BCUT2D eigenvalue weighted by molar-refractivity contribution is -0.129. The van der Waals surface area contributed by atoms with Crippen LogP contribution in [-0.2, 0) is 4.79 Å². The third-order valence-corrected chi connectivity index (χ3v) is 8.36. The van der Waals surface area contributed by atoms with Gasteiger partial charge < -0.3 is 5.32 Å².